The average Bonchev–Trinajstić information content (AvgIpc) is 2.76. The second kappa shape index (κ2) is 9.03. The van der Waals surface area contributed by atoms with Crippen molar-refractivity contribution < 1.29 is 28.8 Å². The molecule has 0 saturated heterocycles. The number of benzene rings is 2. The number of nitrogens with one attached hydrogen (secondary N) is 1. The number of nitrogens with zero attached hydrogens (tertiary/aromatic N) is 2. The SMILES string of the molecule is COc1cc2[nH]c(=O)n(N=Cc3ccc(OCC(=O)O)c(OC)c3)c(=O)c2cc1OC. The van der Waals surface area contributed by atoms with Crippen LogP contribution in [0.3, 0.4) is 0 Å². The van der Waals surface area contributed by atoms with E-state index in [0.29, 0.717) is 21.7 Å². The molecule has 0 unspecified atom stereocenters. The van der Waals surface area contributed by atoms with Gasteiger partial charge in [0.2, 0.25) is 0 Å². The van der Waals surface area contributed by atoms with Gasteiger partial charge in [-0.1, -0.05) is 0 Å². The smallest absolute Gasteiger partial charge is 0.349 e. The first-order chi connectivity index (χ1) is 14.9. The molecule has 31 heavy (non-hydrogen) atoms. The maximum absolute atomic E-state index is 12.8. The van der Waals surface area contributed by atoms with Gasteiger partial charge >= 0.3 is 11.7 Å². The van der Waals surface area contributed by atoms with Gasteiger partial charge in [0.05, 0.1) is 38.4 Å². The number of rotatable bonds is 8. The molecule has 0 saturated carbocycles. The Balaban J connectivity index is 2.00. The highest BCUT2D eigenvalue weighted by atomic mass is 16.5. The van der Waals surface area contributed by atoms with Crippen molar-refractivity contribution in [2.45, 2.75) is 0 Å². The zero-order valence-corrected chi connectivity index (χ0v) is 16.9. The highest BCUT2D eigenvalue weighted by molar-refractivity contribution is 5.83. The molecule has 2 N–H and O–H groups in total. The van der Waals surface area contributed by atoms with E-state index in [1.165, 1.54) is 51.8 Å². The number of aliphatic carboxylic acids is 1. The van der Waals surface area contributed by atoms with Crippen molar-refractivity contribution in [3.05, 3.63) is 56.7 Å². The van der Waals surface area contributed by atoms with E-state index in [1.54, 1.807) is 6.07 Å². The van der Waals surface area contributed by atoms with Crippen LogP contribution in [0.25, 0.3) is 10.9 Å². The van der Waals surface area contributed by atoms with Gasteiger partial charge < -0.3 is 29.0 Å². The molecule has 11 nitrogen and oxygen atoms in total. The molecule has 1 aromatic heterocycles. The van der Waals surface area contributed by atoms with Crippen LogP contribution in [-0.4, -0.2) is 54.9 Å². The number of methoxy groups -OCH3 is 3. The van der Waals surface area contributed by atoms with E-state index in [0.717, 1.165) is 0 Å². The van der Waals surface area contributed by atoms with E-state index in [1.807, 2.05) is 0 Å². The zero-order chi connectivity index (χ0) is 22.5. The lowest BCUT2D eigenvalue weighted by molar-refractivity contribution is -0.139. The van der Waals surface area contributed by atoms with Crippen molar-refractivity contribution in [3.63, 3.8) is 0 Å². The lowest BCUT2D eigenvalue weighted by Crippen LogP contribution is -2.32. The first kappa shape index (κ1) is 21.4. The Morgan fingerprint density at radius 3 is 2.32 bits per heavy atom. The molecule has 3 rings (SSSR count). The molecule has 2 aromatic carbocycles. The first-order valence-corrected chi connectivity index (χ1v) is 8.86. The van der Waals surface area contributed by atoms with Crippen molar-refractivity contribution in [1.29, 1.82) is 0 Å². The summed E-state index contributed by atoms with van der Waals surface area (Å²) >= 11 is 0. The van der Waals surface area contributed by atoms with E-state index in [2.05, 4.69) is 10.1 Å². The molecule has 11 heteroatoms. The number of carbonyl (C=O) groups is 1. The van der Waals surface area contributed by atoms with Crippen LogP contribution < -0.4 is 30.2 Å². The molecule has 1 heterocycles. The van der Waals surface area contributed by atoms with E-state index in [4.69, 9.17) is 24.1 Å². The second-order valence-electron chi connectivity index (χ2n) is 6.14. The van der Waals surface area contributed by atoms with Crippen molar-refractivity contribution in [1.82, 2.24) is 9.66 Å². The molecule has 0 radical (unpaired) electrons. The monoisotopic (exact) mass is 429 g/mol. The minimum Gasteiger partial charge on any atom is -0.493 e. The van der Waals surface area contributed by atoms with Crippen molar-refractivity contribution >= 4 is 23.1 Å². The van der Waals surface area contributed by atoms with Crippen LogP contribution in [-0.2, 0) is 4.79 Å². The van der Waals surface area contributed by atoms with Crippen LogP contribution in [0.5, 0.6) is 23.0 Å². The van der Waals surface area contributed by atoms with E-state index in [-0.39, 0.29) is 22.4 Å². The van der Waals surface area contributed by atoms with Crippen LogP contribution in [0.4, 0.5) is 0 Å². The van der Waals surface area contributed by atoms with Gasteiger partial charge in [0.15, 0.2) is 29.6 Å². The lowest BCUT2D eigenvalue weighted by Gasteiger charge is -2.10. The summed E-state index contributed by atoms with van der Waals surface area (Å²) in [6.07, 6.45) is 1.28. The third-order valence-electron chi connectivity index (χ3n) is 4.24. The summed E-state index contributed by atoms with van der Waals surface area (Å²) in [6, 6.07) is 7.53. The lowest BCUT2D eigenvalue weighted by atomic mass is 10.2. The molecule has 0 bridgehead atoms. The van der Waals surface area contributed by atoms with Gasteiger partial charge in [-0.15, -0.1) is 4.68 Å². The third-order valence-corrected chi connectivity index (χ3v) is 4.24. The molecule has 0 aliphatic rings. The van der Waals surface area contributed by atoms with Gasteiger partial charge in [-0.05, 0) is 29.8 Å². The number of H-pyrrole nitrogens is 1. The van der Waals surface area contributed by atoms with Gasteiger partial charge in [0.25, 0.3) is 5.56 Å². The molecule has 0 atom stereocenters. The Kier molecular flexibility index (Phi) is 6.24. The normalized spacial score (nSPS) is 10.9. The topological polar surface area (TPSA) is 141 Å². The predicted octanol–water partition coefficient (Wildman–Crippen LogP) is 1.06. The van der Waals surface area contributed by atoms with Crippen LogP contribution in [0.1, 0.15) is 5.56 Å². The summed E-state index contributed by atoms with van der Waals surface area (Å²) in [7, 11) is 4.27. The van der Waals surface area contributed by atoms with E-state index < -0.39 is 23.8 Å². The summed E-state index contributed by atoms with van der Waals surface area (Å²) in [6.45, 7) is -0.528. The average molecular weight is 429 g/mol. The highest BCUT2D eigenvalue weighted by Gasteiger charge is 2.13. The molecule has 0 spiro atoms. The minimum absolute atomic E-state index is 0.185. The fraction of sp³-hybridized carbons (Fsp3) is 0.200. The number of aromatic nitrogens is 2. The predicted molar refractivity (Wildman–Crippen MR) is 111 cm³/mol. The Bertz CT molecular complexity index is 1280. The second-order valence-corrected chi connectivity index (χ2v) is 6.14. The number of fused-ring (bicyclic) bond motifs is 1. The number of ether oxygens (including phenoxy) is 4. The number of carboxylic acids is 1. The minimum atomic E-state index is -1.13. The maximum atomic E-state index is 12.8. The Morgan fingerprint density at radius 2 is 1.68 bits per heavy atom. The van der Waals surface area contributed by atoms with Gasteiger partial charge in [0, 0.05) is 6.07 Å². The maximum Gasteiger partial charge on any atom is 0.349 e. The third kappa shape index (κ3) is 4.50. The van der Waals surface area contributed by atoms with Crippen molar-refractivity contribution in [3.8, 4) is 23.0 Å². The molecule has 3 aromatic rings. The zero-order valence-electron chi connectivity index (χ0n) is 16.9. The first-order valence-electron chi connectivity index (χ1n) is 8.86. The molecular formula is C20H19N3O8. The summed E-state index contributed by atoms with van der Waals surface area (Å²) in [5, 5.41) is 12.9. The standard InChI is InChI=1S/C20H19N3O8/c1-28-15-6-11(4-5-14(15)31-10-18(24)25)9-21-23-19(26)12-7-16(29-2)17(30-3)8-13(12)22-20(23)27/h4-9H,10H2,1-3H3,(H,22,27)(H,24,25). The molecule has 162 valence electrons. The largest absolute Gasteiger partial charge is 0.493 e. The van der Waals surface area contributed by atoms with Gasteiger partial charge in [0.1, 0.15) is 0 Å². The molecular weight excluding hydrogens is 410 g/mol. The van der Waals surface area contributed by atoms with Crippen molar-refractivity contribution in [2.24, 2.45) is 5.10 Å². The molecule has 0 fully saturated rings. The highest BCUT2D eigenvalue weighted by Crippen LogP contribution is 2.29. The summed E-state index contributed by atoms with van der Waals surface area (Å²) in [5.41, 5.74) is -0.627. The number of carboxylic acid groups (broad SMARTS) is 1. The van der Waals surface area contributed by atoms with Crippen LogP contribution in [0.15, 0.2) is 45.0 Å². The Hall–Kier alpha value is -4.28. The fourth-order valence-corrected chi connectivity index (χ4v) is 2.79. The number of hydrogen-bond acceptors (Lipinski definition) is 8. The van der Waals surface area contributed by atoms with Crippen LogP contribution in [0, 0.1) is 0 Å². The molecule has 0 aliphatic carbocycles. The summed E-state index contributed by atoms with van der Waals surface area (Å²) in [4.78, 5) is 38.4. The van der Waals surface area contributed by atoms with E-state index in [9.17, 15) is 14.4 Å². The van der Waals surface area contributed by atoms with Crippen LogP contribution >= 0.6 is 0 Å². The summed E-state index contributed by atoms with van der Waals surface area (Å²) < 4.78 is 21.4. The number of hydrogen-bond donors (Lipinski definition) is 2. The Morgan fingerprint density at radius 1 is 1.03 bits per heavy atom. The fourth-order valence-electron chi connectivity index (χ4n) is 2.79. The van der Waals surface area contributed by atoms with Gasteiger partial charge in [-0.2, -0.15) is 5.10 Å². The Labute approximate surface area is 175 Å². The number of aromatic amines is 1. The molecule has 0 aliphatic heterocycles. The van der Waals surface area contributed by atoms with E-state index >= 15 is 0 Å². The quantitative estimate of drug-likeness (QED) is 0.507. The van der Waals surface area contributed by atoms with Gasteiger partial charge in [-0.3, -0.25) is 4.79 Å². The summed E-state index contributed by atoms with van der Waals surface area (Å²) in [5.74, 6) is 0.0578. The van der Waals surface area contributed by atoms with Gasteiger partial charge in [-0.25, -0.2) is 9.59 Å². The van der Waals surface area contributed by atoms with Crippen LogP contribution in [0.2, 0.25) is 0 Å². The van der Waals surface area contributed by atoms with Crippen molar-refractivity contribution in [2.75, 3.05) is 27.9 Å². The molecule has 0 amide bonds.